The van der Waals surface area contributed by atoms with Gasteiger partial charge < -0.3 is 9.26 Å². The van der Waals surface area contributed by atoms with Gasteiger partial charge in [0, 0.05) is 18.0 Å². The van der Waals surface area contributed by atoms with Crippen LogP contribution in [0.3, 0.4) is 0 Å². The standard InChI is InChI=1S/C17H21ClN4O5S/c1-5-15-19-14(20-27-15)8-22-11-6-10(18)13(7-12(11)26-9-16(22)23)28(24,25)21-17(2,3)4/h6-7,21H,5,8-9H2,1-4H3. The number of halogens is 1. The van der Waals surface area contributed by atoms with Gasteiger partial charge in [-0.25, -0.2) is 13.1 Å². The molecule has 1 aromatic heterocycles. The van der Waals surface area contributed by atoms with Crippen molar-refractivity contribution in [3.05, 3.63) is 28.9 Å². The van der Waals surface area contributed by atoms with Gasteiger partial charge in [-0.15, -0.1) is 0 Å². The highest BCUT2D eigenvalue weighted by atomic mass is 35.5. The Morgan fingerprint density at radius 2 is 2.04 bits per heavy atom. The normalized spacial score (nSPS) is 14.8. The molecule has 0 unspecified atom stereocenters. The Bertz CT molecular complexity index is 1010. The van der Waals surface area contributed by atoms with Crippen LogP contribution in [0.2, 0.25) is 5.02 Å². The molecule has 0 aliphatic carbocycles. The third-order valence-electron chi connectivity index (χ3n) is 3.80. The molecule has 1 aliphatic rings. The summed E-state index contributed by atoms with van der Waals surface area (Å²) < 4.78 is 38.4. The number of anilines is 1. The quantitative estimate of drug-likeness (QED) is 0.776. The minimum absolute atomic E-state index is 0.0267. The average molecular weight is 429 g/mol. The van der Waals surface area contributed by atoms with E-state index in [2.05, 4.69) is 14.9 Å². The number of benzene rings is 1. The molecule has 1 amide bonds. The molecule has 0 atom stereocenters. The second kappa shape index (κ2) is 7.34. The molecule has 0 radical (unpaired) electrons. The van der Waals surface area contributed by atoms with E-state index >= 15 is 0 Å². The molecule has 9 nitrogen and oxygen atoms in total. The van der Waals surface area contributed by atoms with Crippen LogP contribution in [0.1, 0.15) is 39.4 Å². The SMILES string of the molecule is CCc1nc(CN2C(=O)COc3cc(S(=O)(=O)NC(C)(C)C)c(Cl)cc32)no1. The number of nitrogens with one attached hydrogen (secondary N) is 1. The van der Waals surface area contributed by atoms with Gasteiger partial charge in [-0.1, -0.05) is 23.7 Å². The molecule has 0 saturated carbocycles. The van der Waals surface area contributed by atoms with Crippen LogP contribution in [-0.4, -0.2) is 36.6 Å². The summed E-state index contributed by atoms with van der Waals surface area (Å²) in [5.74, 6) is 0.705. The molecule has 3 rings (SSSR count). The fourth-order valence-corrected chi connectivity index (χ4v) is 4.64. The highest BCUT2D eigenvalue weighted by molar-refractivity contribution is 7.89. The number of aryl methyl sites for hydroxylation is 1. The maximum atomic E-state index is 12.7. The van der Waals surface area contributed by atoms with E-state index in [1.165, 1.54) is 17.0 Å². The number of sulfonamides is 1. The van der Waals surface area contributed by atoms with Gasteiger partial charge >= 0.3 is 0 Å². The molecular formula is C17H21ClN4O5S. The molecule has 0 spiro atoms. The third-order valence-corrected chi connectivity index (χ3v) is 6.02. The summed E-state index contributed by atoms with van der Waals surface area (Å²) in [7, 11) is -3.88. The average Bonchev–Trinajstić information content (AvgIpc) is 3.02. The summed E-state index contributed by atoms with van der Waals surface area (Å²) in [6, 6.07) is 2.71. The predicted octanol–water partition coefficient (Wildman–Crippen LogP) is 2.29. The maximum absolute atomic E-state index is 12.7. The monoisotopic (exact) mass is 428 g/mol. The largest absolute Gasteiger partial charge is 0.482 e. The molecule has 11 heteroatoms. The fourth-order valence-electron chi connectivity index (χ4n) is 2.68. The first-order chi connectivity index (χ1) is 13.0. The zero-order chi connectivity index (χ0) is 20.7. The van der Waals surface area contributed by atoms with Gasteiger partial charge in [0.15, 0.2) is 12.4 Å². The van der Waals surface area contributed by atoms with Crippen LogP contribution in [-0.2, 0) is 27.8 Å². The van der Waals surface area contributed by atoms with Gasteiger partial charge in [-0.2, -0.15) is 4.98 Å². The number of fused-ring (bicyclic) bond motifs is 1. The van der Waals surface area contributed by atoms with E-state index in [-0.39, 0.29) is 34.7 Å². The van der Waals surface area contributed by atoms with E-state index in [1.807, 2.05) is 6.92 Å². The summed E-state index contributed by atoms with van der Waals surface area (Å²) in [6.45, 7) is 6.87. The van der Waals surface area contributed by atoms with Crippen molar-refractivity contribution in [1.29, 1.82) is 0 Å². The van der Waals surface area contributed by atoms with Gasteiger partial charge in [0.2, 0.25) is 15.9 Å². The minimum atomic E-state index is -3.88. The van der Waals surface area contributed by atoms with Gasteiger partial charge in [0.05, 0.1) is 17.3 Å². The summed E-state index contributed by atoms with van der Waals surface area (Å²) in [4.78, 5) is 17.8. The predicted molar refractivity (Wildman–Crippen MR) is 102 cm³/mol. The highest BCUT2D eigenvalue weighted by Crippen LogP contribution is 2.39. The van der Waals surface area contributed by atoms with E-state index in [4.69, 9.17) is 20.9 Å². The van der Waals surface area contributed by atoms with Crippen molar-refractivity contribution in [3.63, 3.8) is 0 Å². The number of carbonyl (C=O) groups is 1. The molecule has 1 aliphatic heterocycles. The lowest BCUT2D eigenvalue weighted by molar-refractivity contribution is -0.121. The molecule has 152 valence electrons. The third kappa shape index (κ3) is 4.29. The molecule has 2 aromatic rings. The number of amides is 1. The molecular weight excluding hydrogens is 408 g/mol. The van der Waals surface area contributed by atoms with E-state index in [9.17, 15) is 13.2 Å². The fraction of sp³-hybridized carbons (Fsp3) is 0.471. The van der Waals surface area contributed by atoms with Gasteiger partial charge in [-0.3, -0.25) is 9.69 Å². The Kier molecular flexibility index (Phi) is 5.39. The van der Waals surface area contributed by atoms with Gasteiger partial charge in [0.25, 0.3) is 5.91 Å². The van der Waals surface area contributed by atoms with Crippen LogP contribution in [0.15, 0.2) is 21.6 Å². The van der Waals surface area contributed by atoms with Crippen molar-refractivity contribution in [2.24, 2.45) is 0 Å². The number of hydrogen-bond acceptors (Lipinski definition) is 7. The number of nitrogens with zero attached hydrogens (tertiary/aromatic N) is 3. The highest BCUT2D eigenvalue weighted by Gasteiger charge is 2.32. The molecule has 0 bridgehead atoms. The Balaban J connectivity index is 1.98. The van der Waals surface area contributed by atoms with Crippen molar-refractivity contribution in [1.82, 2.24) is 14.9 Å². The van der Waals surface area contributed by atoms with E-state index in [1.54, 1.807) is 20.8 Å². The zero-order valence-electron chi connectivity index (χ0n) is 15.9. The molecule has 0 fully saturated rings. The second-order valence-corrected chi connectivity index (χ2v) is 9.39. The van der Waals surface area contributed by atoms with E-state index in [0.717, 1.165) is 0 Å². The van der Waals surface area contributed by atoms with Gasteiger partial charge in [0.1, 0.15) is 10.6 Å². The van der Waals surface area contributed by atoms with Crippen LogP contribution in [0, 0.1) is 0 Å². The second-order valence-electron chi connectivity index (χ2n) is 7.33. The smallest absolute Gasteiger partial charge is 0.265 e. The maximum Gasteiger partial charge on any atom is 0.265 e. The number of carbonyl (C=O) groups excluding carboxylic acids is 1. The Labute approximate surface area is 168 Å². The molecule has 0 saturated heterocycles. The first-order valence-corrected chi connectivity index (χ1v) is 10.5. The molecule has 1 N–H and O–H groups in total. The Morgan fingerprint density at radius 1 is 1.32 bits per heavy atom. The van der Waals surface area contributed by atoms with Gasteiger partial charge in [-0.05, 0) is 26.8 Å². The molecule has 28 heavy (non-hydrogen) atoms. The lowest BCUT2D eigenvalue weighted by atomic mass is 10.1. The van der Waals surface area contributed by atoms with Crippen LogP contribution in [0.5, 0.6) is 5.75 Å². The topological polar surface area (TPSA) is 115 Å². The van der Waals surface area contributed by atoms with Crippen molar-refractivity contribution in [2.45, 2.75) is 51.1 Å². The van der Waals surface area contributed by atoms with Crippen LogP contribution >= 0.6 is 11.6 Å². The van der Waals surface area contributed by atoms with Crippen LogP contribution in [0.25, 0.3) is 0 Å². The van der Waals surface area contributed by atoms with Crippen molar-refractivity contribution >= 4 is 33.2 Å². The number of rotatable bonds is 5. The minimum Gasteiger partial charge on any atom is -0.482 e. The summed E-state index contributed by atoms with van der Waals surface area (Å²) in [6.07, 6.45) is 0.578. The first-order valence-electron chi connectivity index (χ1n) is 8.62. The van der Waals surface area contributed by atoms with E-state index in [0.29, 0.717) is 23.8 Å². The summed E-state index contributed by atoms with van der Waals surface area (Å²) in [5.41, 5.74) is -0.338. The number of aromatic nitrogens is 2. The van der Waals surface area contributed by atoms with Crippen molar-refractivity contribution in [3.8, 4) is 5.75 Å². The lowest BCUT2D eigenvalue weighted by Crippen LogP contribution is -2.41. The number of hydrogen-bond donors (Lipinski definition) is 1. The first kappa shape index (κ1) is 20.6. The zero-order valence-corrected chi connectivity index (χ0v) is 17.5. The van der Waals surface area contributed by atoms with Crippen LogP contribution in [0.4, 0.5) is 5.69 Å². The van der Waals surface area contributed by atoms with Crippen molar-refractivity contribution < 1.29 is 22.5 Å². The summed E-state index contributed by atoms with van der Waals surface area (Å²) >= 11 is 6.25. The number of ether oxygens (including phenoxy) is 1. The Hall–Kier alpha value is -2.17. The molecule has 2 heterocycles. The summed E-state index contributed by atoms with van der Waals surface area (Å²) in [5, 5.41) is 3.82. The molecule has 1 aromatic carbocycles. The van der Waals surface area contributed by atoms with E-state index < -0.39 is 15.6 Å². The Morgan fingerprint density at radius 3 is 2.64 bits per heavy atom. The van der Waals surface area contributed by atoms with Crippen molar-refractivity contribution in [2.75, 3.05) is 11.5 Å². The van der Waals surface area contributed by atoms with Crippen LogP contribution < -0.4 is 14.4 Å². The lowest BCUT2D eigenvalue weighted by Gasteiger charge is -2.29.